The number of anilines is 1. The molecule has 7 nitrogen and oxygen atoms in total. The largest absolute Gasteiger partial charge is 0.494 e. The fourth-order valence-corrected chi connectivity index (χ4v) is 4.93. The lowest BCUT2D eigenvalue weighted by atomic mass is 10.00. The molecule has 1 fully saturated rings. The highest BCUT2D eigenvalue weighted by atomic mass is 16.5. The quantitative estimate of drug-likeness (QED) is 0.334. The van der Waals surface area contributed by atoms with Crippen LogP contribution in [-0.4, -0.2) is 77.0 Å². The lowest BCUT2D eigenvalue weighted by Crippen LogP contribution is -2.46. The second-order valence-electron chi connectivity index (χ2n) is 10.3. The van der Waals surface area contributed by atoms with Crippen molar-refractivity contribution in [1.29, 1.82) is 0 Å². The van der Waals surface area contributed by atoms with Gasteiger partial charge in [-0.25, -0.2) is 0 Å². The van der Waals surface area contributed by atoms with Gasteiger partial charge in [-0.1, -0.05) is 45.1 Å². The Morgan fingerprint density at radius 1 is 1.07 bits per heavy atom. The molecule has 1 atom stereocenters. The number of carbonyl (C=O) groups excluding carboxylic acids is 1. The van der Waals surface area contributed by atoms with Crippen LogP contribution in [-0.2, 0) is 22.5 Å². The highest BCUT2D eigenvalue weighted by molar-refractivity contribution is 5.94. The Bertz CT molecular complexity index is 1090. The molecule has 1 amide bonds. The molecule has 4 rings (SSSR count). The molecule has 0 spiro atoms. The van der Waals surface area contributed by atoms with Crippen LogP contribution in [0.25, 0.3) is 0 Å². The number of piperazine rings is 1. The molecule has 1 saturated heterocycles. The van der Waals surface area contributed by atoms with Crippen LogP contribution in [0.5, 0.6) is 5.75 Å². The van der Waals surface area contributed by atoms with Crippen LogP contribution < -0.4 is 15.0 Å². The summed E-state index contributed by atoms with van der Waals surface area (Å²) in [6.45, 7) is 20.2. The third-order valence-corrected chi connectivity index (χ3v) is 7.43. The summed E-state index contributed by atoms with van der Waals surface area (Å²) < 4.78 is 16.0. The molecule has 0 bridgehead atoms. The number of amides is 1. The molecule has 232 valence electrons. The Balaban J connectivity index is 0.000000226. The van der Waals surface area contributed by atoms with E-state index in [1.165, 1.54) is 29.9 Å². The Morgan fingerprint density at radius 3 is 2.36 bits per heavy atom. The number of ether oxygens (including phenoxy) is 3. The molecule has 0 saturated carbocycles. The fraction of sp³-hybridized carbons (Fsp3) is 0.514. The third kappa shape index (κ3) is 11.6. The van der Waals surface area contributed by atoms with Crippen LogP contribution in [0.15, 0.2) is 66.8 Å². The van der Waals surface area contributed by atoms with Crippen LogP contribution in [0.4, 0.5) is 5.69 Å². The van der Waals surface area contributed by atoms with Crippen LogP contribution in [0, 0.1) is 0 Å². The molecule has 2 aromatic carbocycles. The van der Waals surface area contributed by atoms with Crippen molar-refractivity contribution in [3.8, 4) is 5.75 Å². The van der Waals surface area contributed by atoms with Crippen LogP contribution in [0.2, 0.25) is 0 Å². The van der Waals surface area contributed by atoms with Gasteiger partial charge in [0.05, 0.1) is 25.9 Å². The first-order chi connectivity index (χ1) is 20.4. The van der Waals surface area contributed by atoms with E-state index < -0.39 is 0 Å². The highest BCUT2D eigenvalue weighted by Gasteiger charge is 2.15. The topological polar surface area (TPSA) is 63.3 Å². The van der Waals surface area contributed by atoms with E-state index in [1.54, 1.807) is 14.2 Å². The maximum atomic E-state index is 11.4. The molecular formula is C35H53N3O4. The number of carbonyl (C=O) groups is 1. The lowest BCUT2D eigenvalue weighted by molar-refractivity contribution is 0.0960. The van der Waals surface area contributed by atoms with E-state index in [4.69, 9.17) is 14.2 Å². The number of fused-ring (bicyclic) bond motifs is 1. The SMILES string of the molecule is C=C(/C=C\C)C(CCC)OC.CCOc1ccc(N2CCN(CC)CC2)cc1.CNC(=O)c1ccc2c(c1)CCOC2. The maximum absolute atomic E-state index is 11.4. The van der Waals surface area contributed by atoms with Crippen molar-refractivity contribution in [3.63, 3.8) is 0 Å². The molecule has 7 heteroatoms. The molecule has 0 radical (unpaired) electrons. The second-order valence-corrected chi connectivity index (χ2v) is 10.3. The summed E-state index contributed by atoms with van der Waals surface area (Å²) in [4.78, 5) is 16.3. The molecular weight excluding hydrogens is 526 g/mol. The summed E-state index contributed by atoms with van der Waals surface area (Å²) in [6.07, 6.45) is 7.29. The van der Waals surface area contributed by atoms with Gasteiger partial charge < -0.3 is 29.3 Å². The van der Waals surface area contributed by atoms with Gasteiger partial charge in [-0.3, -0.25) is 4.79 Å². The summed E-state index contributed by atoms with van der Waals surface area (Å²) in [5, 5.41) is 2.62. The zero-order valence-electron chi connectivity index (χ0n) is 26.8. The number of benzene rings is 2. The molecule has 0 aromatic heterocycles. The summed E-state index contributed by atoms with van der Waals surface area (Å²) in [5.41, 5.74) is 5.54. The molecule has 0 aliphatic carbocycles. The highest BCUT2D eigenvalue weighted by Crippen LogP contribution is 2.21. The van der Waals surface area contributed by atoms with Gasteiger partial charge in [0.1, 0.15) is 5.75 Å². The number of likely N-dealkylation sites (N-methyl/N-ethyl adjacent to an activating group) is 1. The van der Waals surface area contributed by atoms with Crippen molar-refractivity contribution in [2.75, 3.05) is 65.0 Å². The van der Waals surface area contributed by atoms with Gasteiger partial charge in [0, 0.05) is 51.6 Å². The summed E-state index contributed by atoms with van der Waals surface area (Å²) in [5.74, 6) is 0.933. The van der Waals surface area contributed by atoms with Gasteiger partial charge in [-0.2, -0.15) is 0 Å². The standard InChI is InChI=1S/C14H22N2O.C11H13NO2.C10H18O/c1-3-15-9-11-16(12-10-15)13-5-7-14(8-6-13)17-4-2;1-12-11(13)9-2-3-10-7-14-5-4-8(10)6-9;1-5-7-9(3)10(11-4)8-6-2/h5-8H,3-4,9-12H2,1-2H3;2-3,6H,4-5,7H2,1H3,(H,12,13);5,7,10H,3,6,8H2,1-2,4H3/b;;7-5-. The first kappa shape index (κ1) is 35.1. The van der Waals surface area contributed by atoms with E-state index in [0.29, 0.717) is 6.61 Å². The zero-order valence-corrected chi connectivity index (χ0v) is 26.8. The van der Waals surface area contributed by atoms with E-state index >= 15 is 0 Å². The van der Waals surface area contributed by atoms with Gasteiger partial charge in [-0.05, 0) is 86.3 Å². The normalized spacial score (nSPS) is 15.4. The Hall–Kier alpha value is -3.13. The molecule has 42 heavy (non-hydrogen) atoms. The number of hydrogen-bond donors (Lipinski definition) is 1. The predicted molar refractivity (Wildman–Crippen MR) is 175 cm³/mol. The molecule has 1 unspecified atom stereocenters. The van der Waals surface area contributed by atoms with E-state index in [-0.39, 0.29) is 12.0 Å². The number of nitrogens with zero attached hydrogens (tertiary/aromatic N) is 2. The van der Waals surface area contributed by atoms with Crippen molar-refractivity contribution in [1.82, 2.24) is 10.2 Å². The monoisotopic (exact) mass is 579 g/mol. The summed E-state index contributed by atoms with van der Waals surface area (Å²) in [6, 6.07) is 14.2. The smallest absolute Gasteiger partial charge is 0.251 e. The minimum absolute atomic E-state index is 0.0284. The van der Waals surface area contributed by atoms with Crippen molar-refractivity contribution in [2.24, 2.45) is 0 Å². The number of nitrogens with one attached hydrogen (secondary N) is 1. The average molecular weight is 580 g/mol. The number of methoxy groups -OCH3 is 1. The van der Waals surface area contributed by atoms with Gasteiger partial charge in [0.2, 0.25) is 0 Å². The van der Waals surface area contributed by atoms with E-state index in [0.717, 1.165) is 69.0 Å². The zero-order chi connectivity index (χ0) is 30.7. The Kier molecular flexibility index (Phi) is 16.6. The molecule has 2 aliphatic heterocycles. The van der Waals surface area contributed by atoms with E-state index in [9.17, 15) is 4.79 Å². The number of hydrogen-bond acceptors (Lipinski definition) is 6. The minimum Gasteiger partial charge on any atom is -0.494 e. The molecule has 2 aromatic rings. The van der Waals surface area contributed by atoms with Gasteiger partial charge in [-0.15, -0.1) is 0 Å². The Morgan fingerprint density at radius 2 is 1.79 bits per heavy atom. The Labute approximate surface area is 254 Å². The van der Waals surface area contributed by atoms with Gasteiger partial charge in [0.25, 0.3) is 5.91 Å². The molecule has 1 N–H and O–H groups in total. The summed E-state index contributed by atoms with van der Waals surface area (Å²) >= 11 is 0. The van der Waals surface area contributed by atoms with Gasteiger partial charge >= 0.3 is 0 Å². The third-order valence-electron chi connectivity index (χ3n) is 7.43. The molecule has 2 heterocycles. The second kappa shape index (κ2) is 19.9. The maximum Gasteiger partial charge on any atom is 0.251 e. The van der Waals surface area contributed by atoms with E-state index in [2.05, 4.69) is 59.8 Å². The number of rotatable bonds is 10. The first-order valence-electron chi connectivity index (χ1n) is 15.4. The van der Waals surface area contributed by atoms with Gasteiger partial charge in [0.15, 0.2) is 0 Å². The fourth-order valence-electron chi connectivity index (χ4n) is 4.93. The predicted octanol–water partition coefficient (Wildman–Crippen LogP) is 6.28. The van der Waals surface area contributed by atoms with Crippen molar-refractivity contribution in [3.05, 3.63) is 83.5 Å². The minimum atomic E-state index is -0.0284. The first-order valence-corrected chi connectivity index (χ1v) is 15.4. The van der Waals surface area contributed by atoms with Crippen LogP contribution in [0.3, 0.4) is 0 Å². The average Bonchev–Trinajstić information content (AvgIpc) is 3.04. The van der Waals surface area contributed by atoms with E-state index in [1.807, 2.05) is 44.2 Å². The lowest BCUT2D eigenvalue weighted by Gasteiger charge is -2.35. The molecule has 2 aliphatic rings. The summed E-state index contributed by atoms with van der Waals surface area (Å²) in [7, 11) is 3.37. The van der Waals surface area contributed by atoms with Crippen molar-refractivity contribution in [2.45, 2.75) is 59.7 Å². The van der Waals surface area contributed by atoms with Crippen molar-refractivity contribution >= 4 is 11.6 Å². The van der Waals surface area contributed by atoms with Crippen molar-refractivity contribution < 1.29 is 19.0 Å². The number of allylic oxidation sites excluding steroid dienone is 1. The van der Waals surface area contributed by atoms with Crippen LogP contribution >= 0.6 is 0 Å². The van der Waals surface area contributed by atoms with Crippen LogP contribution in [0.1, 0.15) is 62.0 Å².